The molecule has 0 unspecified atom stereocenters. The Balaban J connectivity index is 2.05. The lowest BCUT2D eigenvalue weighted by Crippen LogP contribution is -2.40. The summed E-state index contributed by atoms with van der Waals surface area (Å²) >= 11 is 11.4. The van der Waals surface area contributed by atoms with Gasteiger partial charge in [-0.1, -0.05) is 11.6 Å². The van der Waals surface area contributed by atoms with Gasteiger partial charge in [-0.25, -0.2) is 5.01 Å². The summed E-state index contributed by atoms with van der Waals surface area (Å²) in [6, 6.07) is 0. The van der Waals surface area contributed by atoms with Crippen LogP contribution in [0.25, 0.3) is 0 Å². The lowest BCUT2D eigenvalue weighted by molar-refractivity contribution is 0.0494. The summed E-state index contributed by atoms with van der Waals surface area (Å²) < 4.78 is 5.20. The minimum atomic E-state index is 0.0650. The highest BCUT2D eigenvalue weighted by Gasteiger charge is 2.13. The average Bonchev–Trinajstić information content (AvgIpc) is 2.25. The first-order chi connectivity index (χ1) is 7.25. The van der Waals surface area contributed by atoms with E-state index in [4.69, 9.17) is 27.9 Å². The van der Waals surface area contributed by atoms with E-state index in [-0.39, 0.29) is 10.4 Å². The molecule has 0 amide bonds. The Morgan fingerprint density at radius 1 is 1.20 bits per heavy atom. The molecule has 15 heavy (non-hydrogen) atoms. The molecule has 1 fully saturated rings. The molecule has 1 saturated heterocycles. The summed E-state index contributed by atoms with van der Waals surface area (Å²) in [5.41, 5.74) is 3.01. The maximum absolute atomic E-state index is 5.80. The molecule has 0 radical (unpaired) electrons. The normalized spacial score (nSPS) is 17.7. The van der Waals surface area contributed by atoms with Gasteiger partial charge in [0.2, 0.25) is 5.28 Å². The molecule has 6 nitrogen and oxygen atoms in total. The monoisotopic (exact) mass is 249 g/mol. The number of halogens is 2. The average molecular weight is 250 g/mol. The van der Waals surface area contributed by atoms with Gasteiger partial charge in [0.1, 0.15) is 0 Å². The third-order valence-corrected chi connectivity index (χ3v) is 2.31. The Morgan fingerprint density at radius 2 is 1.93 bits per heavy atom. The van der Waals surface area contributed by atoms with Crippen LogP contribution >= 0.6 is 23.2 Å². The molecule has 82 valence electrons. The summed E-state index contributed by atoms with van der Waals surface area (Å²) in [5.74, 6) is 0.415. The minimum Gasteiger partial charge on any atom is -0.379 e. The van der Waals surface area contributed by atoms with E-state index < -0.39 is 0 Å². The number of anilines is 1. The first kappa shape index (κ1) is 10.8. The molecule has 2 heterocycles. The van der Waals surface area contributed by atoms with Crippen molar-refractivity contribution in [1.82, 2.24) is 20.2 Å². The molecule has 0 aromatic carbocycles. The van der Waals surface area contributed by atoms with E-state index in [2.05, 4.69) is 20.6 Å². The molecule has 1 aromatic rings. The van der Waals surface area contributed by atoms with Crippen LogP contribution in [0, 0.1) is 0 Å². The number of rotatable bonds is 2. The molecule has 8 heteroatoms. The minimum absolute atomic E-state index is 0.0650. The SMILES string of the molecule is Clc1nnc(Cl)c(NN2CCOCC2)n1. The fourth-order valence-electron chi connectivity index (χ4n) is 1.19. The van der Waals surface area contributed by atoms with E-state index in [1.165, 1.54) is 0 Å². The van der Waals surface area contributed by atoms with E-state index >= 15 is 0 Å². The van der Waals surface area contributed by atoms with E-state index in [9.17, 15) is 0 Å². The van der Waals surface area contributed by atoms with Gasteiger partial charge in [-0.05, 0) is 11.6 Å². The molecule has 0 atom stereocenters. The van der Waals surface area contributed by atoms with Gasteiger partial charge < -0.3 is 10.2 Å². The van der Waals surface area contributed by atoms with Gasteiger partial charge in [0.15, 0.2) is 11.0 Å². The van der Waals surface area contributed by atoms with Gasteiger partial charge in [-0.3, -0.25) is 0 Å². The fourth-order valence-corrected chi connectivity index (χ4v) is 1.43. The zero-order valence-corrected chi connectivity index (χ0v) is 9.29. The number of nitrogens with one attached hydrogen (secondary N) is 1. The predicted octanol–water partition coefficient (Wildman–Crippen LogP) is 0.837. The maximum atomic E-state index is 5.80. The Labute approximate surface area is 96.5 Å². The summed E-state index contributed by atoms with van der Waals surface area (Å²) in [4.78, 5) is 3.93. The molecule has 0 aliphatic carbocycles. The predicted molar refractivity (Wildman–Crippen MR) is 55.9 cm³/mol. The van der Waals surface area contributed by atoms with Gasteiger partial charge >= 0.3 is 0 Å². The molecule has 1 N–H and O–H groups in total. The van der Waals surface area contributed by atoms with Crippen molar-refractivity contribution in [1.29, 1.82) is 0 Å². The molecule has 0 saturated carbocycles. The van der Waals surface area contributed by atoms with Crippen molar-refractivity contribution in [3.63, 3.8) is 0 Å². The topological polar surface area (TPSA) is 63.2 Å². The van der Waals surface area contributed by atoms with Crippen molar-refractivity contribution < 1.29 is 4.74 Å². The Bertz CT molecular complexity index is 344. The van der Waals surface area contributed by atoms with Crippen LogP contribution in [0.15, 0.2) is 0 Å². The lowest BCUT2D eigenvalue weighted by Gasteiger charge is -2.27. The van der Waals surface area contributed by atoms with Crippen LogP contribution in [-0.2, 0) is 4.74 Å². The smallest absolute Gasteiger partial charge is 0.245 e. The molecular formula is C7H9Cl2N5O. The Kier molecular flexibility index (Phi) is 3.53. The van der Waals surface area contributed by atoms with E-state index in [0.717, 1.165) is 13.1 Å². The van der Waals surface area contributed by atoms with Crippen molar-refractivity contribution in [2.75, 3.05) is 31.7 Å². The Morgan fingerprint density at radius 3 is 2.67 bits per heavy atom. The van der Waals surface area contributed by atoms with Gasteiger partial charge in [0, 0.05) is 13.1 Å². The lowest BCUT2D eigenvalue weighted by atomic mass is 10.5. The highest BCUT2D eigenvalue weighted by Crippen LogP contribution is 2.17. The highest BCUT2D eigenvalue weighted by molar-refractivity contribution is 6.32. The van der Waals surface area contributed by atoms with Crippen LogP contribution < -0.4 is 5.43 Å². The molecule has 2 rings (SSSR count). The summed E-state index contributed by atoms with van der Waals surface area (Å²) in [6.07, 6.45) is 0. The molecule has 0 spiro atoms. The summed E-state index contributed by atoms with van der Waals surface area (Å²) in [6.45, 7) is 2.88. The standard InChI is InChI=1S/C7H9Cl2N5O/c8-5-6(10-7(9)12-11-5)13-14-1-3-15-4-2-14/h1-4H2,(H,10,12,13). The zero-order chi connectivity index (χ0) is 10.7. The first-order valence-corrected chi connectivity index (χ1v) is 5.16. The molecule has 1 aliphatic rings. The highest BCUT2D eigenvalue weighted by atomic mass is 35.5. The van der Waals surface area contributed by atoms with Crippen LogP contribution in [0.1, 0.15) is 0 Å². The van der Waals surface area contributed by atoms with Crippen LogP contribution in [0.3, 0.4) is 0 Å². The van der Waals surface area contributed by atoms with Crippen molar-refractivity contribution in [3.8, 4) is 0 Å². The largest absolute Gasteiger partial charge is 0.379 e. The molecule has 1 aliphatic heterocycles. The van der Waals surface area contributed by atoms with Crippen LogP contribution in [0.4, 0.5) is 5.82 Å². The summed E-state index contributed by atoms with van der Waals surface area (Å²) in [5, 5.41) is 9.37. The number of morpholine rings is 1. The number of aromatic nitrogens is 3. The third-order valence-electron chi connectivity index (χ3n) is 1.89. The van der Waals surface area contributed by atoms with Gasteiger partial charge in [0.25, 0.3) is 0 Å². The van der Waals surface area contributed by atoms with E-state index in [1.54, 1.807) is 0 Å². The quantitative estimate of drug-likeness (QED) is 0.839. The molecular weight excluding hydrogens is 241 g/mol. The molecule has 1 aromatic heterocycles. The van der Waals surface area contributed by atoms with Crippen molar-refractivity contribution >= 4 is 29.0 Å². The van der Waals surface area contributed by atoms with Crippen LogP contribution in [0.2, 0.25) is 10.4 Å². The summed E-state index contributed by atoms with van der Waals surface area (Å²) in [7, 11) is 0. The second-order valence-electron chi connectivity index (χ2n) is 2.93. The first-order valence-electron chi connectivity index (χ1n) is 4.41. The van der Waals surface area contributed by atoms with Gasteiger partial charge in [-0.15, -0.1) is 10.2 Å². The van der Waals surface area contributed by atoms with E-state index in [0.29, 0.717) is 19.0 Å². The fraction of sp³-hybridized carbons (Fsp3) is 0.571. The zero-order valence-electron chi connectivity index (χ0n) is 7.78. The molecule has 0 bridgehead atoms. The van der Waals surface area contributed by atoms with Crippen molar-refractivity contribution in [3.05, 3.63) is 10.4 Å². The van der Waals surface area contributed by atoms with Crippen LogP contribution in [-0.4, -0.2) is 46.5 Å². The van der Waals surface area contributed by atoms with Crippen LogP contribution in [0.5, 0.6) is 0 Å². The number of hydrogen-bond donors (Lipinski definition) is 1. The maximum Gasteiger partial charge on any atom is 0.245 e. The number of hydrazine groups is 1. The van der Waals surface area contributed by atoms with Crippen molar-refractivity contribution in [2.24, 2.45) is 0 Å². The second kappa shape index (κ2) is 4.89. The second-order valence-corrected chi connectivity index (χ2v) is 3.63. The van der Waals surface area contributed by atoms with E-state index in [1.807, 2.05) is 5.01 Å². The third kappa shape index (κ3) is 2.88. The van der Waals surface area contributed by atoms with Gasteiger partial charge in [-0.2, -0.15) is 4.98 Å². The van der Waals surface area contributed by atoms with Crippen molar-refractivity contribution in [2.45, 2.75) is 0 Å². The number of hydrogen-bond acceptors (Lipinski definition) is 6. The van der Waals surface area contributed by atoms with Gasteiger partial charge in [0.05, 0.1) is 13.2 Å². The number of ether oxygens (including phenoxy) is 1. The Hall–Kier alpha value is -0.690. The number of nitrogens with zero attached hydrogens (tertiary/aromatic N) is 4.